The third-order valence-electron chi connectivity index (χ3n) is 2.30. The summed E-state index contributed by atoms with van der Waals surface area (Å²) in [6.07, 6.45) is 3.84. The van der Waals surface area contributed by atoms with Crippen LogP contribution < -0.4 is 0 Å². The summed E-state index contributed by atoms with van der Waals surface area (Å²) in [5.41, 5.74) is 4.35. The molecule has 0 unspecified atom stereocenters. The lowest BCUT2D eigenvalue weighted by Gasteiger charge is -2.05. The Labute approximate surface area is 75.6 Å². The summed E-state index contributed by atoms with van der Waals surface area (Å²) in [7, 11) is 0. The minimum atomic E-state index is 1.24. The molecule has 0 aromatic heterocycles. The highest BCUT2D eigenvalue weighted by molar-refractivity contribution is 5.30. The number of hydrogen-bond donors (Lipinski definition) is 0. The van der Waals surface area contributed by atoms with E-state index in [-0.39, 0.29) is 0 Å². The van der Waals surface area contributed by atoms with Crippen LogP contribution in [0.4, 0.5) is 0 Å². The van der Waals surface area contributed by atoms with E-state index in [0.717, 1.165) is 0 Å². The molecule has 0 nitrogen and oxygen atoms in total. The number of hydrogen-bond acceptors (Lipinski definition) is 0. The highest BCUT2D eigenvalue weighted by atomic mass is 14.0. The van der Waals surface area contributed by atoms with E-state index in [2.05, 4.69) is 39.0 Å². The van der Waals surface area contributed by atoms with E-state index in [9.17, 15) is 0 Å². The maximum absolute atomic E-state index is 2.31. The van der Waals surface area contributed by atoms with Gasteiger partial charge in [0.15, 0.2) is 0 Å². The van der Waals surface area contributed by atoms with E-state index in [1.54, 1.807) is 0 Å². The first-order valence-electron chi connectivity index (χ1n) is 4.80. The molecule has 0 bridgehead atoms. The van der Waals surface area contributed by atoms with Crippen LogP contribution in [0.1, 0.15) is 36.5 Å². The molecule has 0 radical (unpaired) electrons. The van der Waals surface area contributed by atoms with E-state index in [1.807, 2.05) is 0 Å². The molecule has 0 aliphatic rings. The molecule has 0 spiro atoms. The average molecular weight is 162 g/mol. The van der Waals surface area contributed by atoms with Gasteiger partial charge in [-0.25, -0.2) is 0 Å². The van der Waals surface area contributed by atoms with Crippen LogP contribution in [0.15, 0.2) is 18.2 Å². The van der Waals surface area contributed by atoms with Crippen LogP contribution in [0.2, 0.25) is 0 Å². The molecule has 0 N–H and O–H groups in total. The summed E-state index contributed by atoms with van der Waals surface area (Å²) in [6.45, 7) is 6.60. The molecule has 0 saturated heterocycles. The van der Waals surface area contributed by atoms with Crippen LogP contribution in [-0.2, 0) is 6.42 Å². The van der Waals surface area contributed by atoms with Gasteiger partial charge in [0, 0.05) is 0 Å². The molecule has 1 aromatic carbocycles. The largest absolute Gasteiger partial charge is 0.0654 e. The van der Waals surface area contributed by atoms with Gasteiger partial charge in [0.1, 0.15) is 0 Å². The Bertz CT molecular complexity index is 248. The summed E-state index contributed by atoms with van der Waals surface area (Å²) in [6, 6.07) is 6.72. The number of aryl methyl sites for hydroxylation is 3. The van der Waals surface area contributed by atoms with Gasteiger partial charge in [0.25, 0.3) is 0 Å². The van der Waals surface area contributed by atoms with Gasteiger partial charge in [-0.3, -0.25) is 0 Å². The Balaban J connectivity index is 2.75. The van der Waals surface area contributed by atoms with Crippen molar-refractivity contribution in [3.05, 3.63) is 34.9 Å². The topological polar surface area (TPSA) is 0 Å². The predicted molar refractivity (Wildman–Crippen MR) is 54.5 cm³/mol. The van der Waals surface area contributed by atoms with Gasteiger partial charge in [0.05, 0.1) is 0 Å². The monoisotopic (exact) mass is 162 g/mol. The van der Waals surface area contributed by atoms with Gasteiger partial charge in [-0.2, -0.15) is 0 Å². The molecule has 0 atom stereocenters. The lowest BCUT2D eigenvalue weighted by molar-refractivity contribution is 0.790. The lowest BCUT2D eigenvalue weighted by atomic mass is 10.0. The number of benzene rings is 1. The highest BCUT2D eigenvalue weighted by Crippen LogP contribution is 2.13. The Morgan fingerprint density at radius 1 is 1.17 bits per heavy atom. The predicted octanol–water partition coefficient (Wildman–Crippen LogP) is 3.65. The van der Waals surface area contributed by atoms with Crippen molar-refractivity contribution in [1.29, 1.82) is 0 Å². The summed E-state index contributed by atoms with van der Waals surface area (Å²) >= 11 is 0. The van der Waals surface area contributed by atoms with Crippen LogP contribution in [0.3, 0.4) is 0 Å². The van der Waals surface area contributed by atoms with Crippen LogP contribution in [-0.4, -0.2) is 0 Å². The molecule has 12 heavy (non-hydrogen) atoms. The van der Waals surface area contributed by atoms with E-state index >= 15 is 0 Å². The first-order valence-corrected chi connectivity index (χ1v) is 4.80. The van der Waals surface area contributed by atoms with E-state index in [4.69, 9.17) is 0 Å². The van der Waals surface area contributed by atoms with Crippen LogP contribution in [0, 0.1) is 13.8 Å². The molecule has 0 amide bonds. The van der Waals surface area contributed by atoms with Crippen molar-refractivity contribution >= 4 is 0 Å². The first-order chi connectivity index (χ1) is 5.74. The standard InChI is InChI=1S/C12H18/c1-4-5-6-12-9-10(2)7-8-11(12)3/h7-9H,4-6H2,1-3H3. The normalized spacial score (nSPS) is 10.2. The molecular formula is C12H18. The van der Waals surface area contributed by atoms with E-state index < -0.39 is 0 Å². The quantitative estimate of drug-likeness (QED) is 0.636. The summed E-state index contributed by atoms with van der Waals surface area (Å²) in [4.78, 5) is 0. The number of unbranched alkanes of at least 4 members (excludes halogenated alkanes) is 1. The lowest BCUT2D eigenvalue weighted by Crippen LogP contribution is -1.89. The minimum Gasteiger partial charge on any atom is -0.0654 e. The highest BCUT2D eigenvalue weighted by Gasteiger charge is 1.96. The van der Waals surface area contributed by atoms with Gasteiger partial charge < -0.3 is 0 Å². The second-order valence-corrected chi connectivity index (χ2v) is 3.53. The van der Waals surface area contributed by atoms with Crippen molar-refractivity contribution < 1.29 is 0 Å². The second-order valence-electron chi connectivity index (χ2n) is 3.53. The maximum Gasteiger partial charge on any atom is -0.0276 e. The zero-order valence-electron chi connectivity index (χ0n) is 8.35. The first kappa shape index (κ1) is 9.31. The Hall–Kier alpha value is -0.780. The van der Waals surface area contributed by atoms with Gasteiger partial charge in [-0.05, 0) is 37.8 Å². The molecule has 0 heteroatoms. The van der Waals surface area contributed by atoms with Gasteiger partial charge >= 0.3 is 0 Å². The smallest absolute Gasteiger partial charge is 0.0276 e. The molecule has 0 aliphatic carbocycles. The van der Waals surface area contributed by atoms with Crippen molar-refractivity contribution in [3.8, 4) is 0 Å². The molecule has 1 aromatic rings. The Morgan fingerprint density at radius 2 is 1.92 bits per heavy atom. The molecule has 66 valence electrons. The van der Waals surface area contributed by atoms with Crippen molar-refractivity contribution in [1.82, 2.24) is 0 Å². The zero-order chi connectivity index (χ0) is 8.97. The molecule has 0 saturated carbocycles. The molecule has 0 fully saturated rings. The fraction of sp³-hybridized carbons (Fsp3) is 0.500. The third kappa shape index (κ3) is 2.37. The van der Waals surface area contributed by atoms with Crippen LogP contribution >= 0.6 is 0 Å². The summed E-state index contributed by atoms with van der Waals surface area (Å²) in [5, 5.41) is 0. The van der Waals surface area contributed by atoms with Gasteiger partial charge in [-0.1, -0.05) is 37.1 Å². The zero-order valence-corrected chi connectivity index (χ0v) is 8.35. The second kappa shape index (κ2) is 4.30. The van der Waals surface area contributed by atoms with Gasteiger partial charge in [0.2, 0.25) is 0 Å². The Kier molecular flexibility index (Phi) is 3.33. The fourth-order valence-corrected chi connectivity index (χ4v) is 1.44. The van der Waals surface area contributed by atoms with Crippen molar-refractivity contribution in [2.24, 2.45) is 0 Å². The SMILES string of the molecule is CCCCc1cc(C)ccc1C. The van der Waals surface area contributed by atoms with E-state index in [1.165, 1.54) is 36.0 Å². The minimum absolute atomic E-state index is 1.24. The van der Waals surface area contributed by atoms with E-state index in [0.29, 0.717) is 0 Å². The molecule has 1 rings (SSSR count). The summed E-state index contributed by atoms with van der Waals surface area (Å²) in [5.74, 6) is 0. The number of rotatable bonds is 3. The van der Waals surface area contributed by atoms with Crippen molar-refractivity contribution in [2.45, 2.75) is 40.0 Å². The average Bonchev–Trinajstić information content (AvgIpc) is 2.07. The van der Waals surface area contributed by atoms with Crippen LogP contribution in [0.5, 0.6) is 0 Å². The van der Waals surface area contributed by atoms with Crippen molar-refractivity contribution in [3.63, 3.8) is 0 Å². The molecule has 0 heterocycles. The maximum atomic E-state index is 2.31. The van der Waals surface area contributed by atoms with Gasteiger partial charge in [-0.15, -0.1) is 0 Å². The Morgan fingerprint density at radius 3 is 2.58 bits per heavy atom. The molecular weight excluding hydrogens is 144 g/mol. The van der Waals surface area contributed by atoms with Crippen molar-refractivity contribution in [2.75, 3.05) is 0 Å². The molecule has 0 aliphatic heterocycles. The fourth-order valence-electron chi connectivity index (χ4n) is 1.44. The van der Waals surface area contributed by atoms with Crippen LogP contribution in [0.25, 0.3) is 0 Å². The third-order valence-corrected chi connectivity index (χ3v) is 2.30. The summed E-state index contributed by atoms with van der Waals surface area (Å²) < 4.78 is 0.